The van der Waals surface area contributed by atoms with Gasteiger partial charge in [0.25, 0.3) is 0 Å². The molecular weight excluding hydrogens is 178 g/mol. The first-order chi connectivity index (χ1) is 6.77. The molecule has 0 amide bonds. The number of ketones is 1. The van der Waals surface area contributed by atoms with Crippen LogP contribution in [0.1, 0.15) is 30.1 Å². The Bertz CT molecular complexity index is 351. The van der Waals surface area contributed by atoms with Crippen molar-refractivity contribution < 1.29 is 4.79 Å². The predicted octanol–water partition coefficient (Wildman–Crippen LogP) is 0.779. The number of nitrogens with zero attached hydrogens (tertiary/aromatic N) is 2. The lowest BCUT2D eigenvalue weighted by Crippen LogP contribution is -2.32. The smallest absolute Gasteiger partial charge is 0.136 e. The summed E-state index contributed by atoms with van der Waals surface area (Å²) in [5, 5.41) is 3.31. The van der Waals surface area contributed by atoms with Crippen LogP contribution in [0.4, 0.5) is 0 Å². The van der Waals surface area contributed by atoms with Crippen LogP contribution < -0.4 is 5.32 Å². The molecule has 1 aromatic heterocycles. The number of hydrogen-bond donors (Lipinski definition) is 1. The molecule has 2 rings (SSSR count). The zero-order valence-electron chi connectivity index (χ0n) is 8.16. The summed E-state index contributed by atoms with van der Waals surface area (Å²) in [6.07, 6.45) is 4.53. The van der Waals surface area contributed by atoms with Gasteiger partial charge in [-0.3, -0.25) is 4.79 Å². The topological polar surface area (TPSA) is 54.9 Å². The molecule has 2 heterocycles. The Hall–Kier alpha value is -1.29. The molecule has 4 heteroatoms. The molecule has 1 aliphatic heterocycles. The molecule has 0 bridgehead atoms. The standard InChI is InChI=1S/C10H13N3O/c1-7-9(5-11-6-13-7)10-4-8(14)2-3-12-10/h5-6,10,12H,2-4H2,1H3. The molecule has 1 fully saturated rings. The van der Waals surface area contributed by atoms with E-state index in [1.807, 2.05) is 6.92 Å². The summed E-state index contributed by atoms with van der Waals surface area (Å²) >= 11 is 0. The average molecular weight is 191 g/mol. The van der Waals surface area contributed by atoms with E-state index in [4.69, 9.17) is 0 Å². The van der Waals surface area contributed by atoms with E-state index in [1.165, 1.54) is 6.33 Å². The van der Waals surface area contributed by atoms with E-state index in [1.54, 1.807) is 6.20 Å². The molecule has 1 aromatic rings. The largest absolute Gasteiger partial charge is 0.309 e. The predicted molar refractivity (Wildman–Crippen MR) is 51.8 cm³/mol. The molecule has 74 valence electrons. The van der Waals surface area contributed by atoms with Crippen molar-refractivity contribution in [2.24, 2.45) is 0 Å². The fraction of sp³-hybridized carbons (Fsp3) is 0.500. The third-order valence-electron chi connectivity index (χ3n) is 2.55. The van der Waals surface area contributed by atoms with Crippen molar-refractivity contribution in [3.8, 4) is 0 Å². The number of hydrogen-bond acceptors (Lipinski definition) is 4. The van der Waals surface area contributed by atoms with Gasteiger partial charge in [0.15, 0.2) is 0 Å². The van der Waals surface area contributed by atoms with Gasteiger partial charge in [-0.2, -0.15) is 0 Å². The number of carbonyl (C=O) groups is 1. The van der Waals surface area contributed by atoms with Crippen LogP contribution in [0.15, 0.2) is 12.5 Å². The maximum Gasteiger partial charge on any atom is 0.136 e. The Labute approximate surface area is 82.8 Å². The quantitative estimate of drug-likeness (QED) is 0.712. The van der Waals surface area contributed by atoms with Crippen LogP contribution >= 0.6 is 0 Å². The second-order valence-corrected chi connectivity index (χ2v) is 3.56. The van der Waals surface area contributed by atoms with Gasteiger partial charge in [-0.25, -0.2) is 9.97 Å². The van der Waals surface area contributed by atoms with E-state index in [0.717, 1.165) is 17.8 Å². The number of carbonyl (C=O) groups excluding carboxylic acids is 1. The van der Waals surface area contributed by atoms with Gasteiger partial charge in [0.1, 0.15) is 12.1 Å². The SMILES string of the molecule is Cc1ncncc1C1CC(=O)CCN1. The fourth-order valence-electron chi connectivity index (χ4n) is 1.75. The normalized spacial score (nSPS) is 22.4. The van der Waals surface area contributed by atoms with Crippen LogP contribution in [0.25, 0.3) is 0 Å². The number of piperidine rings is 1. The van der Waals surface area contributed by atoms with Crippen molar-refractivity contribution in [3.63, 3.8) is 0 Å². The van der Waals surface area contributed by atoms with Gasteiger partial charge < -0.3 is 5.32 Å². The summed E-state index contributed by atoms with van der Waals surface area (Å²) < 4.78 is 0. The van der Waals surface area contributed by atoms with E-state index >= 15 is 0 Å². The van der Waals surface area contributed by atoms with Crippen LogP contribution in [-0.2, 0) is 4.79 Å². The minimum atomic E-state index is 0.109. The zero-order valence-corrected chi connectivity index (χ0v) is 8.16. The lowest BCUT2D eigenvalue weighted by atomic mass is 9.97. The van der Waals surface area contributed by atoms with Gasteiger partial charge in [0.2, 0.25) is 0 Å². The monoisotopic (exact) mass is 191 g/mol. The minimum absolute atomic E-state index is 0.109. The highest BCUT2D eigenvalue weighted by Gasteiger charge is 2.21. The summed E-state index contributed by atoms with van der Waals surface area (Å²) in [5.74, 6) is 0.317. The van der Waals surface area contributed by atoms with Crippen molar-refractivity contribution in [2.45, 2.75) is 25.8 Å². The van der Waals surface area contributed by atoms with Crippen molar-refractivity contribution in [1.29, 1.82) is 0 Å². The molecule has 0 spiro atoms. The van der Waals surface area contributed by atoms with Gasteiger partial charge in [0, 0.05) is 42.9 Å². The first kappa shape index (κ1) is 9.27. The Morgan fingerprint density at radius 2 is 2.43 bits per heavy atom. The van der Waals surface area contributed by atoms with E-state index in [9.17, 15) is 4.79 Å². The molecule has 0 radical (unpaired) electrons. The Balaban J connectivity index is 2.22. The van der Waals surface area contributed by atoms with Crippen LogP contribution in [0.2, 0.25) is 0 Å². The first-order valence-corrected chi connectivity index (χ1v) is 4.79. The Kier molecular flexibility index (Phi) is 2.54. The van der Waals surface area contributed by atoms with Crippen LogP contribution in [0.3, 0.4) is 0 Å². The Morgan fingerprint density at radius 3 is 3.14 bits per heavy atom. The molecule has 1 atom stereocenters. The van der Waals surface area contributed by atoms with Crippen molar-refractivity contribution in [2.75, 3.05) is 6.54 Å². The second-order valence-electron chi connectivity index (χ2n) is 3.56. The second kappa shape index (κ2) is 3.84. The van der Waals surface area contributed by atoms with Gasteiger partial charge >= 0.3 is 0 Å². The highest BCUT2D eigenvalue weighted by molar-refractivity contribution is 5.80. The highest BCUT2D eigenvalue weighted by Crippen LogP contribution is 2.21. The molecule has 14 heavy (non-hydrogen) atoms. The third kappa shape index (κ3) is 1.80. The summed E-state index contributed by atoms with van der Waals surface area (Å²) in [6.45, 7) is 2.70. The van der Waals surface area contributed by atoms with Gasteiger partial charge in [-0.05, 0) is 6.92 Å². The molecule has 4 nitrogen and oxygen atoms in total. The maximum atomic E-state index is 11.3. The summed E-state index contributed by atoms with van der Waals surface area (Å²) in [4.78, 5) is 19.4. The van der Waals surface area contributed by atoms with E-state index in [2.05, 4.69) is 15.3 Å². The summed E-state index contributed by atoms with van der Waals surface area (Å²) in [6, 6.07) is 0.109. The van der Waals surface area contributed by atoms with Crippen molar-refractivity contribution in [3.05, 3.63) is 23.8 Å². The molecule has 1 unspecified atom stereocenters. The third-order valence-corrected chi connectivity index (χ3v) is 2.55. The van der Waals surface area contributed by atoms with Gasteiger partial charge in [-0.1, -0.05) is 0 Å². The van der Waals surface area contributed by atoms with Gasteiger partial charge in [0.05, 0.1) is 0 Å². The molecule has 1 N–H and O–H groups in total. The van der Waals surface area contributed by atoms with E-state index < -0.39 is 0 Å². The van der Waals surface area contributed by atoms with E-state index in [0.29, 0.717) is 18.6 Å². The highest BCUT2D eigenvalue weighted by atomic mass is 16.1. The number of rotatable bonds is 1. The number of Topliss-reactive ketones (excluding diaryl/α,β-unsaturated/α-hetero) is 1. The fourth-order valence-corrected chi connectivity index (χ4v) is 1.75. The number of aromatic nitrogens is 2. The molecular formula is C10H13N3O. The van der Waals surface area contributed by atoms with E-state index in [-0.39, 0.29) is 6.04 Å². The first-order valence-electron chi connectivity index (χ1n) is 4.79. The molecule has 1 saturated heterocycles. The van der Waals surface area contributed by atoms with Crippen LogP contribution in [0.5, 0.6) is 0 Å². The average Bonchev–Trinajstić information content (AvgIpc) is 2.18. The molecule has 0 aliphatic carbocycles. The minimum Gasteiger partial charge on any atom is -0.309 e. The van der Waals surface area contributed by atoms with Crippen LogP contribution in [0, 0.1) is 6.92 Å². The number of nitrogens with one attached hydrogen (secondary N) is 1. The summed E-state index contributed by atoms with van der Waals surface area (Å²) in [5.41, 5.74) is 1.99. The lowest BCUT2D eigenvalue weighted by molar-refractivity contribution is -0.120. The van der Waals surface area contributed by atoms with Crippen molar-refractivity contribution in [1.82, 2.24) is 15.3 Å². The lowest BCUT2D eigenvalue weighted by Gasteiger charge is -2.23. The molecule has 0 saturated carbocycles. The Morgan fingerprint density at radius 1 is 1.57 bits per heavy atom. The molecule has 0 aromatic carbocycles. The van der Waals surface area contributed by atoms with Crippen molar-refractivity contribution >= 4 is 5.78 Å². The summed E-state index contributed by atoms with van der Waals surface area (Å²) in [7, 11) is 0. The molecule has 1 aliphatic rings. The number of aryl methyl sites for hydroxylation is 1. The van der Waals surface area contributed by atoms with Gasteiger partial charge in [-0.15, -0.1) is 0 Å². The zero-order chi connectivity index (χ0) is 9.97. The van der Waals surface area contributed by atoms with Crippen LogP contribution in [-0.4, -0.2) is 22.3 Å². The maximum absolute atomic E-state index is 11.3.